The Morgan fingerprint density at radius 3 is 1.71 bits per heavy atom. The van der Waals surface area contributed by atoms with Gasteiger partial charge in [0.1, 0.15) is 11.3 Å². The molecule has 10 rings (SSSR count). The van der Waals surface area contributed by atoms with Crippen LogP contribution in [-0.2, 0) is 6.42 Å². The number of hydrogen-bond donors (Lipinski definition) is 0. The number of rotatable bonds is 3. The number of para-hydroxylation sites is 4. The Balaban J connectivity index is 1.16. The molecule has 0 saturated carbocycles. The second kappa shape index (κ2) is 9.35. The molecule has 0 saturated heterocycles. The summed E-state index contributed by atoms with van der Waals surface area (Å²) >= 11 is 0. The van der Waals surface area contributed by atoms with Gasteiger partial charge in [-0.05, 0) is 78.2 Å². The van der Waals surface area contributed by atoms with Crippen LogP contribution in [0.2, 0.25) is 0 Å². The van der Waals surface area contributed by atoms with Crippen molar-refractivity contribution in [3.63, 3.8) is 0 Å². The molecule has 0 N–H and O–H groups in total. The molecule has 1 aliphatic carbocycles. The van der Waals surface area contributed by atoms with Gasteiger partial charge in [0.25, 0.3) is 0 Å². The lowest BCUT2D eigenvalue weighted by atomic mass is 9.99. The predicted molar refractivity (Wildman–Crippen MR) is 188 cm³/mol. The van der Waals surface area contributed by atoms with Gasteiger partial charge in [-0.15, -0.1) is 0 Å². The molecular formula is C42H28N2O. The molecule has 0 spiro atoms. The maximum atomic E-state index is 6.22. The largest absolute Gasteiger partial charge is 0.460 e. The van der Waals surface area contributed by atoms with Crippen LogP contribution in [0.15, 0.2) is 144 Å². The maximum absolute atomic E-state index is 6.22. The summed E-state index contributed by atoms with van der Waals surface area (Å²) in [6, 6.07) is 50.5. The molecular weight excluding hydrogens is 548 g/mol. The van der Waals surface area contributed by atoms with Gasteiger partial charge in [-0.2, -0.15) is 0 Å². The predicted octanol–water partition coefficient (Wildman–Crippen LogP) is 11.2. The minimum Gasteiger partial charge on any atom is -0.460 e. The Kier molecular flexibility index (Phi) is 5.11. The van der Waals surface area contributed by atoms with Gasteiger partial charge in [0.15, 0.2) is 0 Å². The van der Waals surface area contributed by atoms with Gasteiger partial charge in [-0.3, -0.25) is 0 Å². The van der Waals surface area contributed by atoms with E-state index in [0.717, 1.165) is 24.2 Å². The van der Waals surface area contributed by atoms with Gasteiger partial charge in [-0.25, -0.2) is 0 Å². The Hall–Kier alpha value is -5.80. The highest BCUT2D eigenvalue weighted by Gasteiger charge is 2.22. The van der Waals surface area contributed by atoms with Gasteiger partial charge in [0.2, 0.25) is 0 Å². The zero-order chi connectivity index (χ0) is 29.5. The zero-order valence-electron chi connectivity index (χ0n) is 24.6. The summed E-state index contributed by atoms with van der Waals surface area (Å²) in [5, 5.41) is 6.28. The van der Waals surface area contributed by atoms with Crippen molar-refractivity contribution in [1.82, 2.24) is 9.13 Å². The average molecular weight is 577 g/mol. The first-order chi connectivity index (χ1) is 22.3. The maximum Gasteiger partial charge on any atom is 0.134 e. The molecule has 9 aromatic rings. The van der Waals surface area contributed by atoms with Crippen molar-refractivity contribution in [2.45, 2.75) is 12.8 Å². The van der Waals surface area contributed by atoms with Crippen molar-refractivity contribution in [2.24, 2.45) is 0 Å². The second-order valence-corrected chi connectivity index (χ2v) is 12.1. The van der Waals surface area contributed by atoms with E-state index in [-0.39, 0.29) is 0 Å². The van der Waals surface area contributed by atoms with E-state index in [0.29, 0.717) is 0 Å². The Bertz CT molecular complexity index is 2650. The van der Waals surface area contributed by atoms with Crippen molar-refractivity contribution in [3.8, 4) is 16.8 Å². The van der Waals surface area contributed by atoms with Crippen LogP contribution >= 0.6 is 0 Å². The van der Waals surface area contributed by atoms with Gasteiger partial charge in [-0.1, -0.05) is 84.9 Å². The molecule has 3 aromatic heterocycles. The SMILES string of the molecule is C1=C(n2c3ccccc3c3cc(-c4ccc5c(c4)c4ccccc4n5-c4ccccc4)ccc32)CCc2oc3ccccc3c21. The van der Waals surface area contributed by atoms with Crippen LogP contribution < -0.4 is 0 Å². The van der Waals surface area contributed by atoms with Crippen LogP contribution in [0.1, 0.15) is 17.7 Å². The smallest absolute Gasteiger partial charge is 0.134 e. The highest BCUT2D eigenvalue weighted by molar-refractivity contribution is 6.13. The standard InChI is InChI=1S/C42H28N2O/c1-2-10-29(11-3-1)43-37-15-7-4-12-31(37)34-24-27(18-21-39(34)43)28-19-22-40-35(25-28)32-13-5-8-16-38(32)44(40)30-20-23-42-36(26-30)33-14-6-9-17-41(33)45-42/h1-19,21-22,24-26H,20,23H2. The molecule has 3 heterocycles. The first-order valence-corrected chi connectivity index (χ1v) is 15.7. The first-order valence-electron chi connectivity index (χ1n) is 15.7. The molecule has 1 aliphatic rings. The summed E-state index contributed by atoms with van der Waals surface area (Å²) in [6.07, 6.45) is 4.18. The fraction of sp³-hybridized carbons (Fsp3) is 0.0476. The molecule has 45 heavy (non-hydrogen) atoms. The molecule has 3 nitrogen and oxygen atoms in total. The summed E-state index contributed by atoms with van der Waals surface area (Å²) < 4.78 is 11.1. The lowest BCUT2D eigenvalue weighted by Crippen LogP contribution is -2.03. The number of hydrogen-bond acceptors (Lipinski definition) is 1. The molecule has 0 amide bonds. The molecule has 6 aromatic carbocycles. The van der Waals surface area contributed by atoms with Gasteiger partial charge in [0.05, 0.1) is 22.1 Å². The van der Waals surface area contributed by atoms with Crippen molar-refractivity contribution >= 4 is 66.4 Å². The third-order valence-corrected chi connectivity index (χ3v) is 9.61. The van der Waals surface area contributed by atoms with E-state index >= 15 is 0 Å². The second-order valence-electron chi connectivity index (χ2n) is 12.1. The molecule has 0 aliphatic heterocycles. The van der Waals surface area contributed by atoms with E-state index in [1.165, 1.54) is 77.1 Å². The quantitative estimate of drug-likeness (QED) is 0.205. The number of aromatic nitrogens is 2. The van der Waals surface area contributed by atoms with E-state index in [2.05, 4.69) is 149 Å². The van der Waals surface area contributed by atoms with E-state index in [1.54, 1.807) is 0 Å². The summed E-state index contributed by atoms with van der Waals surface area (Å²) in [7, 11) is 0. The van der Waals surface area contributed by atoms with Gasteiger partial charge >= 0.3 is 0 Å². The fourth-order valence-electron chi connectivity index (χ4n) is 7.59. The monoisotopic (exact) mass is 576 g/mol. The van der Waals surface area contributed by atoms with E-state index in [1.807, 2.05) is 6.07 Å². The van der Waals surface area contributed by atoms with Crippen LogP contribution in [0.3, 0.4) is 0 Å². The Labute approximate surface area is 259 Å². The molecule has 0 bridgehead atoms. The number of nitrogens with zero attached hydrogens (tertiary/aromatic N) is 2. The fourth-order valence-corrected chi connectivity index (χ4v) is 7.59. The zero-order valence-corrected chi connectivity index (χ0v) is 24.6. The topological polar surface area (TPSA) is 23.0 Å². The minimum absolute atomic E-state index is 0.901. The van der Waals surface area contributed by atoms with Crippen molar-refractivity contribution in [2.75, 3.05) is 0 Å². The number of benzene rings is 6. The van der Waals surface area contributed by atoms with Crippen LogP contribution in [0.4, 0.5) is 0 Å². The normalized spacial score (nSPS) is 13.3. The van der Waals surface area contributed by atoms with Crippen LogP contribution in [0.25, 0.3) is 83.2 Å². The van der Waals surface area contributed by atoms with Crippen LogP contribution in [0, 0.1) is 0 Å². The molecule has 0 unspecified atom stereocenters. The molecule has 0 fully saturated rings. The number of aryl methyl sites for hydroxylation is 1. The highest BCUT2D eigenvalue weighted by Crippen LogP contribution is 2.41. The minimum atomic E-state index is 0.901. The third kappa shape index (κ3) is 3.58. The summed E-state index contributed by atoms with van der Waals surface area (Å²) in [5.74, 6) is 1.09. The molecule has 0 atom stereocenters. The Morgan fingerprint density at radius 2 is 1.00 bits per heavy atom. The molecule has 3 heteroatoms. The highest BCUT2D eigenvalue weighted by atomic mass is 16.3. The third-order valence-electron chi connectivity index (χ3n) is 9.61. The van der Waals surface area contributed by atoms with Gasteiger partial charge < -0.3 is 13.6 Å². The Morgan fingerprint density at radius 1 is 0.444 bits per heavy atom. The first kappa shape index (κ1) is 24.6. The summed E-state index contributed by atoms with van der Waals surface area (Å²) in [5.41, 5.74) is 12.1. The van der Waals surface area contributed by atoms with Crippen molar-refractivity contribution in [1.29, 1.82) is 0 Å². The van der Waals surface area contributed by atoms with Crippen LogP contribution in [-0.4, -0.2) is 9.13 Å². The van der Waals surface area contributed by atoms with Gasteiger partial charge in [0, 0.05) is 50.3 Å². The summed E-state index contributed by atoms with van der Waals surface area (Å²) in [6.45, 7) is 0. The van der Waals surface area contributed by atoms with E-state index in [4.69, 9.17) is 4.42 Å². The number of furan rings is 1. The number of fused-ring (bicyclic) bond motifs is 9. The van der Waals surface area contributed by atoms with E-state index in [9.17, 15) is 0 Å². The van der Waals surface area contributed by atoms with Crippen molar-refractivity contribution in [3.05, 3.63) is 151 Å². The average Bonchev–Trinajstić information content (AvgIpc) is 3.75. The molecule has 212 valence electrons. The van der Waals surface area contributed by atoms with E-state index < -0.39 is 0 Å². The summed E-state index contributed by atoms with van der Waals surface area (Å²) in [4.78, 5) is 0. The lowest BCUT2D eigenvalue weighted by Gasteiger charge is -2.16. The lowest BCUT2D eigenvalue weighted by molar-refractivity contribution is 0.546. The molecule has 0 radical (unpaired) electrons. The van der Waals surface area contributed by atoms with Crippen LogP contribution in [0.5, 0.6) is 0 Å². The van der Waals surface area contributed by atoms with Crippen molar-refractivity contribution < 1.29 is 4.42 Å². The number of allylic oxidation sites excluding steroid dienone is 1.